The first kappa shape index (κ1) is 15.6. The molecule has 1 N–H and O–H groups in total. The third-order valence-electron chi connectivity index (χ3n) is 2.82. The highest BCUT2D eigenvalue weighted by Gasteiger charge is 2.12. The van der Waals surface area contributed by atoms with Crippen molar-refractivity contribution in [2.45, 2.75) is 33.0 Å². The quantitative estimate of drug-likeness (QED) is 0.843. The number of nitrogens with one attached hydrogen (secondary N) is 1. The lowest BCUT2D eigenvalue weighted by atomic mass is 10.2. The average Bonchev–Trinajstić information content (AvgIpc) is 2.81. The summed E-state index contributed by atoms with van der Waals surface area (Å²) in [5, 5.41) is 4.49. The van der Waals surface area contributed by atoms with E-state index in [2.05, 4.69) is 47.2 Å². The summed E-state index contributed by atoms with van der Waals surface area (Å²) in [5.74, 6) is 0. The van der Waals surface area contributed by atoms with Gasteiger partial charge in [0.25, 0.3) is 0 Å². The Hall–Kier alpha value is -0.750. The van der Waals surface area contributed by atoms with Crippen LogP contribution in [0.25, 0.3) is 10.6 Å². The van der Waals surface area contributed by atoms with E-state index in [1.807, 2.05) is 12.1 Å². The number of thiazole rings is 1. The molecule has 5 heteroatoms. The van der Waals surface area contributed by atoms with Gasteiger partial charge in [0, 0.05) is 34.6 Å². The van der Waals surface area contributed by atoms with E-state index < -0.39 is 0 Å². The SMILES string of the molecule is COCc1nc(-c2ccc(Br)cc2)sc1CNC(C)C. The van der Waals surface area contributed by atoms with Crippen molar-refractivity contribution in [3.63, 3.8) is 0 Å². The summed E-state index contributed by atoms with van der Waals surface area (Å²) in [4.78, 5) is 5.96. The molecule has 0 amide bonds. The molecule has 20 heavy (non-hydrogen) atoms. The molecule has 1 aromatic heterocycles. The molecule has 3 nitrogen and oxygen atoms in total. The summed E-state index contributed by atoms with van der Waals surface area (Å²) in [6.45, 7) is 5.69. The number of halogens is 1. The largest absolute Gasteiger partial charge is 0.378 e. The summed E-state index contributed by atoms with van der Waals surface area (Å²) in [6.07, 6.45) is 0. The molecule has 0 atom stereocenters. The minimum atomic E-state index is 0.462. The van der Waals surface area contributed by atoms with Crippen LogP contribution in [0.2, 0.25) is 0 Å². The number of ether oxygens (including phenoxy) is 1. The van der Waals surface area contributed by atoms with Crippen LogP contribution in [0.3, 0.4) is 0 Å². The van der Waals surface area contributed by atoms with Gasteiger partial charge in [-0.15, -0.1) is 11.3 Å². The van der Waals surface area contributed by atoms with E-state index >= 15 is 0 Å². The van der Waals surface area contributed by atoms with Crippen molar-refractivity contribution in [3.05, 3.63) is 39.3 Å². The van der Waals surface area contributed by atoms with Crippen LogP contribution in [0.5, 0.6) is 0 Å². The fourth-order valence-corrected chi connectivity index (χ4v) is 3.07. The fraction of sp³-hybridized carbons (Fsp3) is 0.400. The first-order valence-corrected chi connectivity index (χ1v) is 8.18. The average molecular weight is 355 g/mol. The monoisotopic (exact) mass is 354 g/mol. The highest BCUT2D eigenvalue weighted by Crippen LogP contribution is 2.29. The van der Waals surface area contributed by atoms with Crippen molar-refractivity contribution in [1.29, 1.82) is 0 Å². The Labute approximate surface area is 132 Å². The molecule has 0 saturated carbocycles. The summed E-state index contributed by atoms with van der Waals surface area (Å²) in [7, 11) is 1.71. The lowest BCUT2D eigenvalue weighted by molar-refractivity contribution is 0.181. The topological polar surface area (TPSA) is 34.1 Å². The molecule has 0 aliphatic carbocycles. The maximum Gasteiger partial charge on any atom is 0.124 e. The second-order valence-corrected chi connectivity index (χ2v) is 6.86. The van der Waals surface area contributed by atoms with Gasteiger partial charge < -0.3 is 10.1 Å². The molecule has 2 aromatic rings. The van der Waals surface area contributed by atoms with Gasteiger partial charge in [0.2, 0.25) is 0 Å². The summed E-state index contributed by atoms with van der Waals surface area (Å²) in [5.41, 5.74) is 2.18. The molecule has 0 bridgehead atoms. The Kier molecular flexibility index (Phi) is 5.72. The standard InChI is InChI=1S/C15H19BrN2OS/c1-10(2)17-8-14-13(9-19-3)18-15(20-14)11-4-6-12(16)7-5-11/h4-7,10,17H,8-9H2,1-3H3. The van der Waals surface area contributed by atoms with Crippen LogP contribution < -0.4 is 5.32 Å². The zero-order valence-electron chi connectivity index (χ0n) is 11.9. The van der Waals surface area contributed by atoms with Gasteiger partial charge in [0.05, 0.1) is 12.3 Å². The number of benzene rings is 1. The van der Waals surface area contributed by atoms with Crippen molar-refractivity contribution in [3.8, 4) is 10.6 Å². The van der Waals surface area contributed by atoms with E-state index in [0.29, 0.717) is 12.6 Å². The Balaban J connectivity index is 2.25. The predicted octanol–water partition coefficient (Wildman–Crippen LogP) is 4.22. The van der Waals surface area contributed by atoms with Crippen LogP contribution in [0.15, 0.2) is 28.7 Å². The van der Waals surface area contributed by atoms with E-state index in [0.717, 1.165) is 27.3 Å². The number of hydrogen-bond donors (Lipinski definition) is 1. The first-order valence-electron chi connectivity index (χ1n) is 6.57. The van der Waals surface area contributed by atoms with Crippen molar-refractivity contribution < 1.29 is 4.74 Å². The van der Waals surface area contributed by atoms with E-state index in [1.165, 1.54) is 4.88 Å². The summed E-state index contributed by atoms with van der Waals surface area (Å²) < 4.78 is 6.33. The zero-order valence-corrected chi connectivity index (χ0v) is 14.3. The van der Waals surface area contributed by atoms with Crippen molar-refractivity contribution in [2.24, 2.45) is 0 Å². The van der Waals surface area contributed by atoms with Crippen molar-refractivity contribution in [1.82, 2.24) is 10.3 Å². The predicted molar refractivity (Wildman–Crippen MR) is 87.9 cm³/mol. The van der Waals surface area contributed by atoms with Crippen LogP contribution in [-0.4, -0.2) is 18.1 Å². The molecule has 1 aromatic carbocycles. The maximum atomic E-state index is 5.25. The third-order valence-corrected chi connectivity index (χ3v) is 4.50. The van der Waals surface area contributed by atoms with Gasteiger partial charge in [0.1, 0.15) is 5.01 Å². The van der Waals surface area contributed by atoms with E-state index in [-0.39, 0.29) is 0 Å². The van der Waals surface area contributed by atoms with Gasteiger partial charge in [0.15, 0.2) is 0 Å². The molecule has 0 spiro atoms. The molecule has 0 aliphatic heterocycles. The van der Waals surface area contributed by atoms with Crippen LogP contribution in [0, 0.1) is 0 Å². The number of rotatable bonds is 6. The zero-order chi connectivity index (χ0) is 14.5. The molecule has 0 fully saturated rings. The van der Waals surface area contributed by atoms with Gasteiger partial charge >= 0.3 is 0 Å². The van der Waals surface area contributed by atoms with Crippen LogP contribution in [0.4, 0.5) is 0 Å². The number of methoxy groups -OCH3 is 1. The lowest BCUT2D eigenvalue weighted by Gasteiger charge is -2.07. The van der Waals surface area contributed by atoms with Crippen LogP contribution in [0.1, 0.15) is 24.4 Å². The first-order chi connectivity index (χ1) is 9.60. The molecule has 0 aliphatic rings. The van der Waals surface area contributed by atoms with Gasteiger partial charge in [-0.2, -0.15) is 0 Å². The summed E-state index contributed by atoms with van der Waals surface area (Å²) in [6, 6.07) is 8.71. The molecular weight excluding hydrogens is 336 g/mol. The lowest BCUT2D eigenvalue weighted by Crippen LogP contribution is -2.21. The molecule has 1 heterocycles. The Morgan fingerprint density at radius 1 is 1.30 bits per heavy atom. The van der Waals surface area contributed by atoms with Gasteiger partial charge in [-0.1, -0.05) is 41.9 Å². The molecule has 0 saturated heterocycles. The van der Waals surface area contributed by atoms with Gasteiger partial charge in [-0.05, 0) is 12.1 Å². The second-order valence-electron chi connectivity index (χ2n) is 4.86. The Bertz CT molecular complexity index is 552. The molecule has 2 rings (SSSR count). The van der Waals surface area contributed by atoms with Crippen LogP contribution >= 0.6 is 27.3 Å². The molecule has 0 unspecified atom stereocenters. The number of nitrogens with zero attached hydrogens (tertiary/aromatic N) is 1. The van der Waals surface area contributed by atoms with E-state index in [1.54, 1.807) is 18.4 Å². The Morgan fingerprint density at radius 2 is 2.00 bits per heavy atom. The number of hydrogen-bond acceptors (Lipinski definition) is 4. The maximum absolute atomic E-state index is 5.25. The normalized spacial score (nSPS) is 11.2. The highest BCUT2D eigenvalue weighted by atomic mass is 79.9. The number of aromatic nitrogens is 1. The van der Waals surface area contributed by atoms with Crippen molar-refractivity contribution in [2.75, 3.05) is 7.11 Å². The molecular formula is C15H19BrN2OS. The highest BCUT2D eigenvalue weighted by molar-refractivity contribution is 9.10. The van der Waals surface area contributed by atoms with E-state index in [9.17, 15) is 0 Å². The molecule has 108 valence electrons. The van der Waals surface area contributed by atoms with E-state index in [4.69, 9.17) is 9.72 Å². The third kappa shape index (κ3) is 4.12. The minimum absolute atomic E-state index is 0.462. The molecule has 0 radical (unpaired) electrons. The smallest absolute Gasteiger partial charge is 0.124 e. The second kappa shape index (κ2) is 7.31. The van der Waals surface area contributed by atoms with Gasteiger partial charge in [-0.3, -0.25) is 0 Å². The fourth-order valence-electron chi connectivity index (χ4n) is 1.78. The van der Waals surface area contributed by atoms with Crippen LogP contribution in [-0.2, 0) is 17.9 Å². The van der Waals surface area contributed by atoms with Gasteiger partial charge in [-0.25, -0.2) is 4.98 Å². The van der Waals surface area contributed by atoms with Crippen molar-refractivity contribution >= 4 is 27.3 Å². The Morgan fingerprint density at radius 3 is 2.60 bits per heavy atom. The summed E-state index contributed by atoms with van der Waals surface area (Å²) >= 11 is 5.19. The minimum Gasteiger partial charge on any atom is -0.378 e.